The molecule has 29 heavy (non-hydrogen) atoms. The van der Waals surface area contributed by atoms with Gasteiger partial charge in [-0.2, -0.15) is 4.98 Å². The number of oxazole rings is 1. The van der Waals surface area contributed by atoms with Crippen molar-refractivity contribution in [2.45, 2.75) is 23.3 Å². The normalized spacial score (nSPS) is 11.5. The van der Waals surface area contributed by atoms with Crippen molar-refractivity contribution in [1.29, 1.82) is 0 Å². The Morgan fingerprint density at radius 1 is 1.00 bits per heavy atom. The molecule has 2 aromatic heterocycles. The molecule has 2 heterocycles. The average Bonchev–Trinajstić information content (AvgIpc) is 3.39. The van der Waals surface area contributed by atoms with Gasteiger partial charge in [0.1, 0.15) is 0 Å². The van der Waals surface area contributed by atoms with Gasteiger partial charge in [-0.1, -0.05) is 54.1 Å². The molecule has 0 aliphatic carbocycles. The van der Waals surface area contributed by atoms with E-state index in [9.17, 15) is 8.42 Å². The third-order valence-electron chi connectivity index (χ3n) is 4.46. The predicted molar refractivity (Wildman–Crippen MR) is 115 cm³/mol. The molecule has 0 aliphatic heterocycles. The van der Waals surface area contributed by atoms with Crippen LogP contribution in [0.2, 0.25) is 0 Å². The highest BCUT2D eigenvalue weighted by Crippen LogP contribution is 2.34. The summed E-state index contributed by atoms with van der Waals surface area (Å²) in [6, 6.07) is 20.4. The highest BCUT2D eigenvalue weighted by Gasteiger charge is 2.28. The van der Waals surface area contributed by atoms with Gasteiger partial charge in [-0.3, -0.25) is 0 Å². The van der Waals surface area contributed by atoms with Crippen LogP contribution in [0, 0.1) is 6.92 Å². The lowest BCUT2D eigenvalue weighted by Crippen LogP contribution is -2.09. The smallest absolute Gasteiger partial charge is 0.240 e. The zero-order valence-electron chi connectivity index (χ0n) is 15.8. The summed E-state index contributed by atoms with van der Waals surface area (Å²) in [7, 11) is -3.81. The molecule has 4 aromatic rings. The Kier molecular flexibility index (Phi) is 5.51. The van der Waals surface area contributed by atoms with Crippen molar-refractivity contribution in [3.63, 3.8) is 0 Å². The molecule has 2 aromatic carbocycles. The summed E-state index contributed by atoms with van der Waals surface area (Å²) < 4.78 is 32.3. The lowest BCUT2D eigenvalue weighted by Gasteiger charge is -2.06. The molecule has 148 valence electrons. The second-order valence-corrected chi connectivity index (χ2v) is 9.42. The molecule has 7 heteroatoms. The molecule has 0 amide bonds. The molecule has 0 bridgehead atoms. The van der Waals surface area contributed by atoms with Gasteiger partial charge in [-0.05, 0) is 42.5 Å². The van der Waals surface area contributed by atoms with E-state index in [1.165, 1.54) is 11.3 Å². The number of aromatic nitrogens is 1. The second kappa shape index (κ2) is 8.23. The molecule has 0 spiro atoms. The molecule has 0 saturated carbocycles. The van der Waals surface area contributed by atoms with Gasteiger partial charge in [0.2, 0.25) is 26.6 Å². The summed E-state index contributed by atoms with van der Waals surface area (Å²) in [6.45, 7) is 2.44. The lowest BCUT2D eigenvalue weighted by atomic mass is 10.1. The van der Waals surface area contributed by atoms with Gasteiger partial charge in [0, 0.05) is 6.54 Å². The number of thiophene rings is 1. The minimum Gasteiger partial charge on any atom is -0.418 e. The lowest BCUT2D eigenvalue weighted by molar-refractivity contribution is 0.578. The predicted octanol–water partition coefficient (Wildman–Crippen LogP) is 5.20. The number of nitrogens with one attached hydrogen (secondary N) is 1. The van der Waals surface area contributed by atoms with E-state index in [1.807, 2.05) is 54.8 Å². The molecule has 1 N–H and O–H groups in total. The molecular formula is C22H20N2O3S2. The van der Waals surface area contributed by atoms with E-state index in [-0.39, 0.29) is 15.8 Å². The van der Waals surface area contributed by atoms with Crippen molar-refractivity contribution in [2.75, 3.05) is 11.9 Å². The molecule has 0 saturated heterocycles. The van der Waals surface area contributed by atoms with Gasteiger partial charge < -0.3 is 9.73 Å². The first-order chi connectivity index (χ1) is 14.0. The fourth-order valence-electron chi connectivity index (χ4n) is 2.90. The van der Waals surface area contributed by atoms with Gasteiger partial charge >= 0.3 is 0 Å². The van der Waals surface area contributed by atoms with Gasteiger partial charge in [-0.25, -0.2) is 8.42 Å². The number of hydrogen-bond donors (Lipinski definition) is 1. The van der Waals surface area contributed by atoms with Crippen LogP contribution >= 0.6 is 11.3 Å². The van der Waals surface area contributed by atoms with E-state index in [0.29, 0.717) is 12.4 Å². The van der Waals surface area contributed by atoms with E-state index in [4.69, 9.17) is 4.42 Å². The van der Waals surface area contributed by atoms with Crippen LogP contribution in [0.15, 0.2) is 86.4 Å². The van der Waals surface area contributed by atoms with E-state index in [2.05, 4.69) is 10.3 Å². The second-order valence-electron chi connectivity index (χ2n) is 6.61. The maximum Gasteiger partial charge on any atom is 0.240 e. The van der Waals surface area contributed by atoms with E-state index in [0.717, 1.165) is 22.4 Å². The van der Waals surface area contributed by atoms with Crippen molar-refractivity contribution in [2.24, 2.45) is 0 Å². The average molecular weight is 425 g/mol. The number of hydrogen-bond acceptors (Lipinski definition) is 6. The SMILES string of the molecule is Cc1ccc(S(=O)(=O)c2nc(-c3cccs3)oc2NCCc2ccccc2)cc1. The van der Waals surface area contributed by atoms with Crippen LogP contribution in [0.5, 0.6) is 0 Å². The van der Waals surface area contributed by atoms with Crippen molar-refractivity contribution in [3.8, 4) is 10.8 Å². The molecule has 0 radical (unpaired) electrons. The fourth-order valence-corrected chi connectivity index (χ4v) is 4.83. The number of rotatable bonds is 7. The van der Waals surface area contributed by atoms with Crippen molar-refractivity contribution in [3.05, 3.63) is 83.2 Å². The maximum absolute atomic E-state index is 13.2. The Hall–Kier alpha value is -2.90. The van der Waals surface area contributed by atoms with E-state index < -0.39 is 9.84 Å². The van der Waals surface area contributed by atoms with Crippen LogP contribution in [0.3, 0.4) is 0 Å². The van der Waals surface area contributed by atoms with Crippen LogP contribution < -0.4 is 5.32 Å². The molecule has 0 atom stereocenters. The van der Waals surface area contributed by atoms with Gasteiger partial charge in [0.25, 0.3) is 0 Å². The first kappa shape index (κ1) is 19.4. The van der Waals surface area contributed by atoms with Crippen LogP contribution in [-0.4, -0.2) is 19.9 Å². The van der Waals surface area contributed by atoms with Crippen LogP contribution in [0.25, 0.3) is 10.8 Å². The molecule has 5 nitrogen and oxygen atoms in total. The van der Waals surface area contributed by atoms with Crippen LogP contribution in [0.4, 0.5) is 5.88 Å². The minimum atomic E-state index is -3.81. The van der Waals surface area contributed by atoms with Gasteiger partial charge in [0.05, 0.1) is 9.77 Å². The summed E-state index contributed by atoms with van der Waals surface area (Å²) in [5, 5.41) is 4.94. The van der Waals surface area contributed by atoms with Crippen LogP contribution in [-0.2, 0) is 16.3 Å². The molecule has 0 unspecified atom stereocenters. The topological polar surface area (TPSA) is 72.2 Å². The largest absolute Gasteiger partial charge is 0.418 e. The Morgan fingerprint density at radius 3 is 2.45 bits per heavy atom. The van der Waals surface area contributed by atoms with E-state index in [1.54, 1.807) is 24.3 Å². The standard InChI is InChI=1S/C22H20N2O3S2/c1-16-9-11-18(12-10-16)29(25,26)22-21(23-14-13-17-6-3-2-4-7-17)27-20(24-22)19-8-5-15-28-19/h2-12,15,23H,13-14H2,1H3. The first-order valence-corrected chi connectivity index (χ1v) is 11.5. The molecule has 0 fully saturated rings. The Labute approximate surface area is 174 Å². The molecule has 4 rings (SSSR count). The van der Waals surface area contributed by atoms with Gasteiger partial charge in [0.15, 0.2) is 0 Å². The highest BCUT2D eigenvalue weighted by molar-refractivity contribution is 7.91. The third-order valence-corrected chi connectivity index (χ3v) is 6.99. The van der Waals surface area contributed by atoms with Crippen molar-refractivity contribution >= 4 is 27.1 Å². The Balaban J connectivity index is 1.66. The minimum absolute atomic E-state index is 0.0854. The quantitative estimate of drug-likeness (QED) is 0.441. The van der Waals surface area contributed by atoms with Crippen LogP contribution in [0.1, 0.15) is 11.1 Å². The summed E-state index contributed by atoms with van der Waals surface area (Å²) >= 11 is 1.45. The summed E-state index contributed by atoms with van der Waals surface area (Å²) in [6.07, 6.45) is 0.736. The maximum atomic E-state index is 13.2. The zero-order chi connectivity index (χ0) is 20.3. The highest BCUT2D eigenvalue weighted by atomic mass is 32.2. The number of sulfone groups is 1. The third kappa shape index (κ3) is 4.26. The monoisotopic (exact) mass is 424 g/mol. The first-order valence-electron chi connectivity index (χ1n) is 9.18. The summed E-state index contributed by atoms with van der Waals surface area (Å²) in [5.41, 5.74) is 2.14. The number of nitrogens with zero attached hydrogens (tertiary/aromatic N) is 1. The number of aryl methyl sites for hydroxylation is 1. The summed E-state index contributed by atoms with van der Waals surface area (Å²) in [4.78, 5) is 5.32. The molecular weight excluding hydrogens is 404 g/mol. The van der Waals surface area contributed by atoms with Crippen molar-refractivity contribution < 1.29 is 12.8 Å². The number of benzene rings is 2. The van der Waals surface area contributed by atoms with E-state index >= 15 is 0 Å². The number of anilines is 1. The molecule has 0 aliphatic rings. The fraction of sp³-hybridized carbons (Fsp3) is 0.136. The van der Waals surface area contributed by atoms with Crippen molar-refractivity contribution in [1.82, 2.24) is 4.98 Å². The Morgan fingerprint density at radius 2 is 1.76 bits per heavy atom. The zero-order valence-corrected chi connectivity index (χ0v) is 17.5. The summed E-state index contributed by atoms with van der Waals surface area (Å²) in [5.74, 6) is 0.470. The van der Waals surface area contributed by atoms with Gasteiger partial charge in [-0.15, -0.1) is 11.3 Å². The Bertz CT molecular complexity index is 1180.